The standard InChI is InChI=1S/C22H23N5O/c28-22(20-7-1-6-19(15-20)21-24-9-3-10-25-21)27-12-4-11-26(13-14-27)17-18-5-2-8-23-16-18/h1-3,5-10,15-16H,4,11-14,17H2. The summed E-state index contributed by atoms with van der Waals surface area (Å²) in [7, 11) is 0. The number of aromatic nitrogens is 3. The lowest BCUT2D eigenvalue weighted by Gasteiger charge is -2.22. The molecule has 3 aromatic rings. The number of carbonyl (C=O) groups is 1. The van der Waals surface area contributed by atoms with E-state index in [4.69, 9.17) is 0 Å². The molecule has 2 aromatic heterocycles. The zero-order valence-corrected chi connectivity index (χ0v) is 15.7. The van der Waals surface area contributed by atoms with Gasteiger partial charge in [-0.15, -0.1) is 0 Å². The molecule has 6 nitrogen and oxygen atoms in total. The summed E-state index contributed by atoms with van der Waals surface area (Å²) in [4.78, 5) is 30.1. The minimum atomic E-state index is 0.0704. The van der Waals surface area contributed by atoms with Crippen molar-refractivity contribution >= 4 is 5.91 Å². The quantitative estimate of drug-likeness (QED) is 0.704. The van der Waals surface area contributed by atoms with Crippen molar-refractivity contribution in [3.05, 3.63) is 78.4 Å². The van der Waals surface area contributed by atoms with Gasteiger partial charge in [0, 0.05) is 68.6 Å². The molecule has 0 unspecified atom stereocenters. The molecule has 0 atom stereocenters. The highest BCUT2D eigenvalue weighted by molar-refractivity contribution is 5.95. The number of rotatable bonds is 4. The Balaban J connectivity index is 1.43. The van der Waals surface area contributed by atoms with Gasteiger partial charge in [0.1, 0.15) is 0 Å². The third-order valence-corrected chi connectivity index (χ3v) is 4.94. The lowest BCUT2D eigenvalue weighted by molar-refractivity contribution is 0.0761. The molecule has 0 radical (unpaired) electrons. The highest BCUT2D eigenvalue weighted by Gasteiger charge is 2.21. The lowest BCUT2D eigenvalue weighted by Crippen LogP contribution is -2.35. The average molecular weight is 373 g/mol. The minimum Gasteiger partial charge on any atom is -0.337 e. The van der Waals surface area contributed by atoms with E-state index in [9.17, 15) is 4.79 Å². The fraction of sp³-hybridized carbons (Fsp3) is 0.273. The third kappa shape index (κ3) is 4.40. The van der Waals surface area contributed by atoms with Crippen molar-refractivity contribution in [2.45, 2.75) is 13.0 Å². The predicted molar refractivity (Wildman–Crippen MR) is 108 cm³/mol. The number of carbonyl (C=O) groups excluding carboxylic acids is 1. The van der Waals surface area contributed by atoms with Crippen LogP contribution in [0, 0.1) is 0 Å². The Hall–Kier alpha value is -3.12. The molecular formula is C22H23N5O. The van der Waals surface area contributed by atoms with Crippen LogP contribution in [0.5, 0.6) is 0 Å². The van der Waals surface area contributed by atoms with Crippen molar-refractivity contribution in [3.63, 3.8) is 0 Å². The Bertz CT molecular complexity index is 916. The molecule has 142 valence electrons. The van der Waals surface area contributed by atoms with Gasteiger partial charge in [-0.25, -0.2) is 9.97 Å². The summed E-state index contributed by atoms with van der Waals surface area (Å²) in [5.41, 5.74) is 2.75. The van der Waals surface area contributed by atoms with Gasteiger partial charge >= 0.3 is 0 Å². The van der Waals surface area contributed by atoms with Gasteiger partial charge in [0.2, 0.25) is 0 Å². The Morgan fingerprint density at radius 1 is 0.929 bits per heavy atom. The number of amides is 1. The first-order valence-corrected chi connectivity index (χ1v) is 9.57. The van der Waals surface area contributed by atoms with E-state index in [0.29, 0.717) is 11.4 Å². The Morgan fingerprint density at radius 2 is 1.82 bits per heavy atom. The Kier molecular flexibility index (Phi) is 5.68. The Labute approximate surface area is 164 Å². The van der Waals surface area contributed by atoms with Crippen LogP contribution in [0.25, 0.3) is 11.4 Å². The number of pyridine rings is 1. The molecule has 0 aliphatic carbocycles. The molecule has 0 saturated carbocycles. The molecule has 28 heavy (non-hydrogen) atoms. The van der Waals surface area contributed by atoms with E-state index in [0.717, 1.165) is 44.7 Å². The molecule has 6 heteroatoms. The number of nitrogens with zero attached hydrogens (tertiary/aromatic N) is 5. The first-order valence-electron chi connectivity index (χ1n) is 9.57. The van der Waals surface area contributed by atoms with E-state index in [2.05, 4.69) is 25.9 Å². The molecule has 1 aliphatic heterocycles. The molecule has 4 rings (SSSR count). The van der Waals surface area contributed by atoms with Crippen molar-refractivity contribution in [2.75, 3.05) is 26.2 Å². The normalized spacial score (nSPS) is 15.2. The summed E-state index contributed by atoms with van der Waals surface area (Å²) in [5.74, 6) is 0.705. The maximum Gasteiger partial charge on any atom is 0.253 e. The summed E-state index contributed by atoms with van der Waals surface area (Å²) in [6.45, 7) is 4.22. The van der Waals surface area contributed by atoms with Gasteiger partial charge in [-0.05, 0) is 36.2 Å². The van der Waals surface area contributed by atoms with Crippen molar-refractivity contribution in [3.8, 4) is 11.4 Å². The fourth-order valence-corrected chi connectivity index (χ4v) is 3.50. The number of hydrogen-bond acceptors (Lipinski definition) is 5. The molecule has 0 N–H and O–H groups in total. The van der Waals surface area contributed by atoms with Crippen LogP contribution in [0.2, 0.25) is 0 Å². The second kappa shape index (κ2) is 8.71. The zero-order chi connectivity index (χ0) is 19.2. The van der Waals surface area contributed by atoms with Gasteiger partial charge < -0.3 is 4.90 Å². The summed E-state index contributed by atoms with van der Waals surface area (Å²) in [6, 6.07) is 13.4. The van der Waals surface area contributed by atoms with E-state index in [1.54, 1.807) is 24.7 Å². The van der Waals surface area contributed by atoms with Gasteiger partial charge in [-0.2, -0.15) is 0 Å². The first-order chi connectivity index (χ1) is 13.8. The first kappa shape index (κ1) is 18.3. The van der Waals surface area contributed by atoms with Gasteiger partial charge in [0.05, 0.1) is 0 Å². The zero-order valence-electron chi connectivity index (χ0n) is 15.7. The van der Waals surface area contributed by atoms with Crippen molar-refractivity contribution in [1.29, 1.82) is 0 Å². The third-order valence-electron chi connectivity index (χ3n) is 4.94. The molecule has 0 spiro atoms. The second-order valence-electron chi connectivity index (χ2n) is 6.94. The molecule has 1 saturated heterocycles. The van der Waals surface area contributed by atoms with E-state index in [1.807, 2.05) is 41.4 Å². The molecule has 1 aromatic carbocycles. The van der Waals surface area contributed by atoms with Gasteiger partial charge in [0.25, 0.3) is 5.91 Å². The van der Waals surface area contributed by atoms with Gasteiger partial charge in [-0.3, -0.25) is 14.7 Å². The second-order valence-corrected chi connectivity index (χ2v) is 6.94. The number of hydrogen-bond donors (Lipinski definition) is 0. The van der Waals surface area contributed by atoms with Crippen LogP contribution < -0.4 is 0 Å². The lowest BCUT2D eigenvalue weighted by atomic mass is 10.1. The topological polar surface area (TPSA) is 62.2 Å². The fourth-order valence-electron chi connectivity index (χ4n) is 3.50. The van der Waals surface area contributed by atoms with Crippen LogP contribution in [-0.4, -0.2) is 56.8 Å². The van der Waals surface area contributed by atoms with Crippen molar-refractivity contribution in [2.24, 2.45) is 0 Å². The van der Waals surface area contributed by atoms with Crippen molar-refractivity contribution < 1.29 is 4.79 Å². The minimum absolute atomic E-state index is 0.0704. The molecule has 0 bridgehead atoms. The largest absolute Gasteiger partial charge is 0.337 e. The van der Waals surface area contributed by atoms with Crippen LogP contribution in [0.1, 0.15) is 22.3 Å². The van der Waals surface area contributed by atoms with Gasteiger partial charge in [0.15, 0.2) is 5.82 Å². The van der Waals surface area contributed by atoms with E-state index in [1.165, 1.54) is 5.56 Å². The van der Waals surface area contributed by atoms with E-state index < -0.39 is 0 Å². The molecule has 1 aliphatic rings. The molecule has 3 heterocycles. The maximum atomic E-state index is 13.1. The smallest absolute Gasteiger partial charge is 0.253 e. The van der Waals surface area contributed by atoms with Crippen LogP contribution in [0.3, 0.4) is 0 Å². The van der Waals surface area contributed by atoms with Crippen LogP contribution in [0.15, 0.2) is 67.3 Å². The Morgan fingerprint density at radius 3 is 2.64 bits per heavy atom. The molecular weight excluding hydrogens is 350 g/mol. The predicted octanol–water partition coefficient (Wildman–Crippen LogP) is 2.89. The van der Waals surface area contributed by atoms with E-state index in [-0.39, 0.29) is 5.91 Å². The molecule has 1 amide bonds. The average Bonchev–Trinajstić information content (AvgIpc) is 3.00. The maximum absolute atomic E-state index is 13.1. The monoisotopic (exact) mass is 373 g/mol. The van der Waals surface area contributed by atoms with Crippen molar-refractivity contribution in [1.82, 2.24) is 24.8 Å². The summed E-state index contributed by atoms with van der Waals surface area (Å²) in [6.07, 6.45) is 8.09. The highest BCUT2D eigenvalue weighted by Crippen LogP contribution is 2.18. The van der Waals surface area contributed by atoms with Crippen LogP contribution in [-0.2, 0) is 6.54 Å². The summed E-state index contributed by atoms with van der Waals surface area (Å²) < 4.78 is 0. The molecule has 1 fully saturated rings. The summed E-state index contributed by atoms with van der Waals surface area (Å²) >= 11 is 0. The highest BCUT2D eigenvalue weighted by atomic mass is 16.2. The SMILES string of the molecule is O=C(c1cccc(-c2ncccn2)c1)N1CCCN(Cc2cccnc2)CC1. The summed E-state index contributed by atoms with van der Waals surface area (Å²) in [5, 5.41) is 0. The van der Waals surface area contributed by atoms with Crippen LogP contribution >= 0.6 is 0 Å². The number of benzene rings is 1. The van der Waals surface area contributed by atoms with Crippen LogP contribution in [0.4, 0.5) is 0 Å². The van der Waals surface area contributed by atoms with Gasteiger partial charge in [-0.1, -0.05) is 18.2 Å². The van der Waals surface area contributed by atoms with E-state index >= 15 is 0 Å².